The Kier molecular flexibility index (Phi) is 12.0. The third-order valence-corrected chi connectivity index (χ3v) is 6.54. The van der Waals surface area contributed by atoms with Gasteiger partial charge in [-0.25, -0.2) is 0 Å². The summed E-state index contributed by atoms with van der Waals surface area (Å²) in [4.78, 5) is 2.28. The fraction of sp³-hybridized carbons (Fsp3) is 1.00. The van der Waals surface area contributed by atoms with E-state index in [1.54, 1.807) is 0 Å². The van der Waals surface area contributed by atoms with Crippen molar-refractivity contribution in [3.8, 4) is 0 Å². The summed E-state index contributed by atoms with van der Waals surface area (Å²) in [5.41, 5.74) is 5.60. The summed E-state index contributed by atoms with van der Waals surface area (Å²) < 4.78 is 6.61. The van der Waals surface area contributed by atoms with Gasteiger partial charge in [0, 0.05) is 0 Å². The number of rotatable bonds is 5. The average Bonchev–Trinajstić information content (AvgIpc) is 1.87. The predicted octanol–water partition coefficient (Wildman–Crippen LogP) is -1.61. The second-order valence-corrected chi connectivity index (χ2v) is 9.38. The first kappa shape index (κ1) is 14.5. The third-order valence-electron chi connectivity index (χ3n) is 1.54. The van der Waals surface area contributed by atoms with E-state index in [1.165, 1.54) is 10.9 Å². The summed E-state index contributed by atoms with van der Waals surface area (Å²) in [6.07, 6.45) is 2.41. The standard InChI is InChI=1S/C5H12N.CH3O.CH3.ClH.Sn/c1-3-4-5(2)6;1-2;;;/h5H,1,3-4,6H2,2H3;1H3;1H3;1H;/q;-1;;;+2/p-1. The monoisotopic (exact) mass is 287 g/mol. The van der Waals surface area contributed by atoms with Crippen molar-refractivity contribution in [1.82, 2.24) is 0 Å². The molecule has 0 heterocycles. The van der Waals surface area contributed by atoms with Crippen LogP contribution in [0.2, 0.25) is 9.38 Å². The van der Waals surface area contributed by atoms with Crippen molar-refractivity contribution in [3.63, 3.8) is 0 Å². The molecule has 0 rings (SSSR count). The normalized spacial score (nSPS) is 12.0. The Hall–Kier alpha value is 1.01. The van der Waals surface area contributed by atoms with Crippen LogP contribution in [0.1, 0.15) is 19.8 Å². The van der Waals surface area contributed by atoms with Gasteiger partial charge in [-0.1, -0.05) is 0 Å². The van der Waals surface area contributed by atoms with Crippen molar-refractivity contribution in [2.45, 2.75) is 35.2 Å². The number of hydrogen-bond acceptors (Lipinski definition) is 2. The molecule has 0 aromatic rings. The minimum Gasteiger partial charge on any atom is -1.00 e. The fourth-order valence-electron chi connectivity index (χ4n) is 0.775. The van der Waals surface area contributed by atoms with Crippen LogP contribution in [0.4, 0.5) is 0 Å². The Balaban J connectivity index is 0. The molecule has 0 aliphatic carbocycles. The van der Waals surface area contributed by atoms with Gasteiger partial charge in [0.05, 0.1) is 0 Å². The van der Waals surface area contributed by atoms with Gasteiger partial charge in [-0.3, -0.25) is 0 Å². The van der Waals surface area contributed by atoms with Crippen LogP contribution < -0.4 is 18.1 Å². The van der Waals surface area contributed by atoms with E-state index in [0.29, 0.717) is 6.04 Å². The van der Waals surface area contributed by atoms with E-state index in [2.05, 4.69) is 11.9 Å². The van der Waals surface area contributed by atoms with E-state index >= 15 is 0 Å². The maximum atomic E-state index is 5.60. The molecule has 0 saturated carbocycles. The molecule has 0 aromatic carbocycles. The molecular weight excluding hydrogens is 268 g/mol. The molecule has 0 saturated heterocycles. The smallest absolute Gasteiger partial charge is 1.00 e. The van der Waals surface area contributed by atoms with Crippen LogP contribution >= 0.6 is 0 Å². The molecule has 0 fully saturated rings. The summed E-state index contributed by atoms with van der Waals surface area (Å²) in [5, 5.41) is 0. The second kappa shape index (κ2) is 9.10. The summed E-state index contributed by atoms with van der Waals surface area (Å²) in [6.45, 7) is 2.06. The first-order valence-electron chi connectivity index (χ1n) is 3.78. The van der Waals surface area contributed by atoms with Crippen molar-refractivity contribution in [3.05, 3.63) is 0 Å². The summed E-state index contributed by atoms with van der Waals surface area (Å²) in [7, 11) is 1.83. The van der Waals surface area contributed by atoms with E-state index in [9.17, 15) is 0 Å². The van der Waals surface area contributed by atoms with E-state index < -0.39 is 20.2 Å². The molecule has 2 nitrogen and oxygen atoms in total. The molecule has 0 bridgehead atoms. The van der Waals surface area contributed by atoms with Crippen molar-refractivity contribution in [1.29, 1.82) is 0 Å². The fourth-order valence-corrected chi connectivity index (χ4v) is 3.36. The van der Waals surface area contributed by atoms with Gasteiger partial charge in [0.25, 0.3) is 0 Å². The van der Waals surface area contributed by atoms with Gasteiger partial charge >= 0.3 is 71.3 Å². The molecule has 0 aliphatic rings. The number of nitrogens with two attached hydrogens (primary N) is 1. The van der Waals surface area contributed by atoms with Gasteiger partial charge in [-0.2, -0.15) is 0 Å². The van der Waals surface area contributed by atoms with Crippen LogP contribution in [0, 0.1) is 0 Å². The predicted molar refractivity (Wildman–Crippen MR) is 46.3 cm³/mol. The molecule has 11 heavy (non-hydrogen) atoms. The van der Waals surface area contributed by atoms with Crippen molar-refractivity contribution in [2.24, 2.45) is 5.73 Å². The van der Waals surface area contributed by atoms with Gasteiger partial charge in [0.2, 0.25) is 0 Å². The molecule has 0 radical (unpaired) electrons. The van der Waals surface area contributed by atoms with Gasteiger partial charge in [-0.15, -0.1) is 0 Å². The van der Waals surface area contributed by atoms with Crippen molar-refractivity contribution in [2.75, 3.05) is 7.11 Å². The Morgan fingerprint density at radius 2 is 2.09 bits per heavy atom. The molecule has 1 unspecified atom stereocenters. The van der Waals surface area contributed by atoms with Gasteiger partial charge in [0.15, 0.2) is 0 Å². The number of hydrogen-bond donors (Lipinski definition) is 1. The van der Waals surface area contributed by atoms with Crippen LogP contribution in [-0.4, -0.2) is 33.3 Å². The first-order chi connectivity index (χ1) is 4.66. The minimum atomic E-state index is -1.29. The third kappa shape index (κ3) is 11.0. The zero-order valence-corrected chi connectivity index (χ0v) is 11.2. The zero-order chi connectivity index (χ0) is 7.98. The van der Waals surface area contributed by atoms with Gasteiger partial charge in [-0.05, 0) is 0 Å². The van der Waals surface area contributed by atoms with Gasteiger partial charge < -0.3 is 12.4 Å². The molecule has 0 amide bonds. The van der Waals surface area contributed by atoms with Crippen LogP contribution in [0.3, 0.4) is 0 Å². The van der Waals surface area contributed by atoms with E-state index in [1.807, 2.05) is 7.11 Å². The molecule has 0 aliphatic heterocycles. The van der Waals surface area contributed by atoms with Gasteiger partial charge in [0.1, 0.15) is 0 Å². The Bertz CT molecular complexity index is 82.8. The minimum absolute atomic E-state index is 0. The number of halogens is 1. The SMILES string of the molecule is C[O][Sn+]([CH3])[CH2]CCC(C)N.[Cl-]. The van der Waals surface area contributed by atoms with Crippen LogP contribution in [0.15, 0.2) is 0 Å². The van der Waals surface area contributed by atoms with Crippen LogP contribution in [0.25, 0.3) is 0 Å². The Morgan fingerprint density at radius 3 is 2.45 bits per heavy atom. The first-order valence-corrected chi connectivity index (χ1v) is 9.82. The van der Waals surface area contributed by atoms with Crippen LogP contribution in [-0.2, 0) is 3.07 Å². The van der Waals surface area contributed by atoms with Crippen molar-refractivity contribution >= 4 is 20.2 Å². The largest absolute Gasteiger partial charge is 1.00 e. The molecule has 0 aromatic heterocycles. The van der Waals surface area contributed by atoms with E-state index in [4.69, 9.17) is 8.81 Å². The average molecular weight is 286 g/mol. The second-order valence-electron chi connectivity index (χ2n) is 2.78. The maximum Gasteiger partial charge on any atom is -1.00 e. The summed E-state index contributed by atoms with van der Waals surface area (Å²) >= 11 is -1.29. The molecule has 0 spiro atoms. The molecule has 4 heteroatoms. The summed E-state index contributed by atoms with van der Waals surface area (Å²) in [5.74, 6) is 0. The molecule has 1 atom stereocenters. The maximum absolute atomic E-state index is 5.60. The van der Waals surface area contributed by atoms with Crippen LogP contribution in [0.5, 0.6) is 0 Å². The topological polar surface area (TPSA) is 35.2 Å². The zero-order valence-electron chi connectivity index (χ0n) is 7.56. The Labute approximate surface area is 83.6 Å². The van der Waals surface area contributed by atoms with E-state index in [0.717, 1.165) is 6.42 Å². The molecule has 68 valence electrons. The van der Waals surface area contributed by atoms with Crippen molar-refractivity contribution < 1.29 is 15.5 Å². The Morgan fingerprint density at radius 1 is 1.55 bits per heavy atom. The molecular formula is C7H18ClNOSn. The summed E-state index contributed by atoms with van der Waals surface area (Å²) in [6, 6.07) is 0.369. The molecule has 2 N–H and O–H groups in total. The van der Waals surface area contributed by atoms with E-state index in [-0.39, 0.29) is 12.4 Å². The quantitative estimate of drug-likeness (QED) is 0.617.